The van der Waals surface area contributed by atoms with Crippen molar-refractivity contribution in [3.8, 4) is 0 Å². The molecular weight excluding hydrogens is 572 g/mol. The van der Waals surface area contributed by atoms with Gasteiger partial charge in [-0.3, -0.25) is 14.4 Å². The SMILES string of the molecule is C=CCN(CCC)C(=O)[C@@H]1[C@H]2C(=O)N([C@@H](CO)C(C)C)C(C(=O)N(CC=C)c3ccc(N(CC)CC)cc3)C23S[C@@H]1CC3C. The molecule has 7 atom stereocenters. The van der Waals surface area contributed by atoms with Crippen LogP contribution in [0.5, 0.6) is 0 Å². The van der Waals surface area contributed by atoms with Gasteiger partial charge in [0.1, 0.15) is 6.04 Å². The average Bonchev–Trinajstić information content (AvgIpc) is 3.60. The zero-order valence-corrected chi connectivity index (χ0v) is 28.3. The molecule has 0 aromatic heterocycles. The lowest BCUT2D eigenvalue weighted by atomic mass is 9.65. The zero-order valence-electron chi connectivity index (χ0n) is 27.4. The largest absolute Gasteiger partial charge is 0.394 e. The number of hydrogen-bond donors (Lipinski definition) is 1. The quantitative estimate of drug-likeness (QED) is 0.282. The van der Waals surface area contributed by atoms with E-state index in [-0.39, 0.29) is 48.0 Å². The van der Waals surface area contributed by atoms with Gasteiger partial charge < -0.3 is 24.7 Å². The highest BCUT2D eigenvalue weighted by Gasteiger charge is 2.77. The summed E-state index contributed by atoms with van der Waals surface area (Å²) in [6, 6.07) is 6.63. The highest BCUT2D eigenvalue weighted by molar-refractivity contribution is 8.02. The third kappa shape index (κ3) is 5.59. The summed E-state index contributed by atoms with van der Waals surface area (Å²) < 4.78 is -0.770. The number of anilines is 2. The first-order valence-electron chi connectivity index (χ1n) is 16.3. The number of rotatable bonds is 15. The van der Waals surface area contributed by atoms with Crippen molar-refractivity contribution >= 4 is 40.9 Å². The van der Waals surface area contributed by atoms with Gasteiger partial charge in [0.25, 0.3) is 5.91 Å². The van der Waals surface area contributed by atoms with Crippen LogP contribution in [0.3, 0.4) is 0 Å². The molecule has 1 aromatic carbocycles. The van der Waals surface area contributed by atoms with Gasteiger partial charge in [-0.2, -0.15) is 0 Å². The third-order valence-electron chi connectivity index (χ3n) is 10.0. The van der Waals surface area contributed by atoms with Crippen molar-refractivity contribution in [2.24, 2.45) is 23.7 Å². The summed E-state index contributed by atoms with van der Waals surface area (Å²) in [4.78, 5) is 51.4. The first kappa shape index (κ1) is 34.1. The van der Waals surface area contributed by atoms with Gasteiger partial charge in [-0.05, 0) is 62.8 Å². The molecule has 3 unspecified atom stereocenters. The molecule has 2 bridgehead atoms. The van der Waals surface area contributed by atoms with Gasteiger partial charge in [-0.1, -0.05) is 39.8 Å². The van der Waals surface area contributed by atoms with Crippen LogP contribution in [-0.2, 0) is 14.4 Å². The van der Waals surface area contributed by atoms with Crippen LogP contribution in [0.15, 0.2) is 49.6 Å². The van der Waals surface area contributed by atoms with Gasteiger partial charge in [-0.15, -0.1) is 24.9 Å². The molecule has 44 heavy (non-hydrogen) atoms. The van der Waals surface area contributed by atoms with Crippen molar-refractivity contribution in [3.63, 3.8) is 0 Å². The Morgan fingerprint density at radius 2 is 1.68 bits per heavy atom. The molecule has 3 heterocycles. The second kappa shape index (κ2) is 14.1. The van der Waals surface area contributed by atoms with Gasteiger partial charge >= 0.3 is 0 Å². The Morgan fingerprint density at radius 3 is 2.20 bits per heavy atom. The molecule has 0 radical (unpaired) electrons. The maximum Gasteiger partial charge on any atom is 0.251 e. The molecule has 8 nitrogen and oxygen atoms in total. The van der Waals surface area contributed by atoms with Crippen molar-refractivity contribution in [1.82, 2.24) is 9.80 Å². The molecule has 242 valence electrons. The van der Waals surface area contributed by atoms with Crippen LogP contribution in [0, 0.1) is 23.7 Å². The number of carbonyl (C=O) groups is 3. The maximum absolute atomic E-state index is 15.0. The standard InChI is InChI=1S/C35H52N4O4S/c1-9-18-37(19-10-2)32(41)29-28-21-24(8)35(44-28)30(29)33(42)39(27(22-40)23(6)7)31(35)34(43)38(20-11-3)26-16-14-25(15-17-26)36(12-4)13-5/h9,11,14-17,23-24,27-31,40H,1,3,10,12-13,18-22H2,2,4-8H3/t24?,27-,28+,29-,30-,31?,35?/m0/s1. The molecule has 1 N–H and O–H groups in total. The number of carbonyl (C=O) groups excluding carboxylic acids is 3. The van der Waals surface area contributed by atoms with E-state index >= 15 is 4.79 Å². The molecule has 3 amide bonds. The summed E-state index contributed by atoms with van der Waals surface area (Å²) in [6.45, 7) is 23.0. The predicted octanol–water partition coefficient (Wildman–Crippen LogP) is 4.83. The minimum Gasteiger partial charge on any atom is -0.394 e. The molecule has 4 rings (SSSR count). The van der Waals surface area contributed by atoms with Crippen molar-refractivity contribution in [2.75, 3.05) is 49.1 Å². The first-order valence-corrected chi connectivity index (χ1v) is 17.2. The van der Waals surface area contributed by atoms with Crippen LogP contribution in [-0.4, -0.2) is 94.0 Å². The second-order valence-corrected chi connectivity index (χ2v) is 14.3. The number of amides is 3. The Kier molecular flexibility index (Phi) is 10.9. The van der Waals surface area contributed by atoms with E-state index in [4.69, 9.17) is 0 Å². The molecule has 3 saturated heterocycles. The van der Waals surface area contributed by atoms with Crippen LogP contribution < -0.4 is 9.80 Å². The lowest BCUT2D eigenvalue weighted by Gasteiger charge is -2.43. The van der Waals surface area contributed by atoms with E-state index in [1.165, 1.54) is 0 Å². The third-order valence-corrected chi connectivity index (χ3v) is 12.1. The zero-order chi connectivity index (χ0) is 32.3. The van der Waals surface area contributed by atoms with Crippen molar-refractivity contribution in [3.05, 3.63) is 49.6 Å². The lowest BCUT2D eigenvalue weighted by Crippen LogP contribution is -2.60. The average molecular weight is 625 g/mol. The van der Waals surface area contributed by atoms with Crippen LogP contribution in [0.1, 0.15) is 54.4 Å². The molecule has 3 aliphatic rings. The Morgan fingerprint density at radius 1 is 1.07 bits per heavy atom. The van der Waals surface area contributed by atoms with Gasteiger partial charge in [0.2, 0.25) is 11.8 Å². The summed E-state index contributed by atoms with van der Waals surface area (Å²) in [5, 5.41) is 10.6. The fourth-order valence-corrected chi connectivity index (χ4v) is 10.4. The fourth-order valence-electron chi connectivity index (χ4n) is 7.96. The van der Waals surface area contributed by atoms with Crippen LogP contribution in [0.4, 0.5) is 11.4 Å². The maximum atomic E-state index is 15.0. The molecule has 1 spiro atoms. The van der Waals surface area contributed by atoms with E-state index in [1.807, 2.05) is 49.9 Å². The van der Waals surface area contributed by atoms with Crippen molar-refractivity contribution in [1.29, 1.82) is 0 Å². The smallest absolute Gasteiger partial charge is 0.251 e. The van der Waals surface area contributed by atoms with Gasteiger partial charge in [-0.25, -0.2) is 0 Å². The molecule has 1 aromatic rings. The minimum absolute atomic E-state index is 0.0236. The Hall–Kier alpha value is -2.78. The number of fused-ring (bicyclic) bond motifs is 1. The highest BCUT2D eigenvalue weighted by Crippen LogP contribution is 2.69. The fraction of sp³-hybridized carbons (Fsp3) is 0.629. The Balaban J connectivity index is 1.83. The number of hydrogen-bond acceptors (Lipinski definition) is 6. The number of thioether (sulfide) groups is 1. The number of aliphatic hydroxyl groups excluding tert-OH is 1. The van der Waals surface area contributed by atoms with E-state index in [2.05, 4.69) is 38.8 Å². The number of benzene rings is 1. The van der Waals surface area contributed by atoms with Crippen LogP contribution >= 0.6 is 11.8 Å². The number of likely N-dealkylation sites (tertiary alicyclic amines) is 1. The Labute approximate surface area is 268 Å². The minimum atomic E-state index is -0.816. The number of aliphatic hydroxyl groups is 1. The lowest BCUT2D eigenvalue weighted by molar-refractivity contribution is -0.146. The van der Waals surface area contributed by atoms with Gasteiger partial charge in [0.05, 0.1) is 29.2 Å². The summed E-state index contributed by atoms with van der Waals surface area (Å²) in [5.74, 6) is -1.57. The number of nitrogens with zero attached hydrogens (tertiary/aromatic N) is 4. The van der Waals surface area contributed by atoms with E-state index in [0.717, 1.165) is 37.3 Å². The van der Waals surface area contributed by atoms with Crippen molar-refractivity contribution in [2.45, 2.75) is 76.5 Å². The first-order chi connectivity index (χ1) is 21.1. The summed E-state index contributed by atoms with van der Waals surface area (Å²) in [6.07, 6.45) is 5.02. The van der Waals surface area contributed by atoms with Crippen molar-refractivity contribution < 1.29 is 19.5 Å². The van der Waals surface area contributed by atoms with E-state index < -0.39 is 28.7 Å². The summed E-state index contributed by atoms with van der Waals surface area (Å²) in [7, 11) is 0. The van der Waals surface area contributed by atoms with E-state index in [1.54, 1.807) is 33.7 Å². The highest BCUT2D eigenvalue weighted by atomic mass is 32.2. The molecular formula is C35H52N4O4S. The van der Waals surface area contributed by atoms with Gasteiger partial charge in [0.15, 0.2) is 0 Å². The van der Waals surface area contributed by atoms with Crippen LogP contribution in [0.2, 0.25) is 0 Å². The normalized spacial score (nSPS) is 27.8. The molecule has 0 saturated carbocycles. The monoisotopic (exact) mass is 624 g/mol. The van der Waals surface area contributed by atoms with Gasteiger partial charge in [0, 0.05) is 49.3 Å². The molecule has 3 fully saturated rings. The second-order valence-electron chi connectivity index (χ2n) is 12.8. The Bertz CT molecular complexity index is 1220. The van der Waals surface area contributed by atoms with Crippen LogP contribution in [0.25, 0.3) is 0 Å². The summed E-state index contributed by atoms with van der Waals surface area (Å²) in [5.41, 5.74) is 1.82. The molecule has 0 aliphatic carbocycles. The van der Waals surface area contributed by atoms with E-state index in [9.17, 15) is 14.7 Å². The van der Waals surface area contributed by atoms with E-state index in [0.29, 0.717) is 13.1 Å². The molecule has 3 aliphatic heterocycles. The summed E-state index contributed by atoms with van der Waals surface area (Å²) >= 11 is 1.68. The topological polar surface area (TPSA) is 84.4 Å². The predicted molar refractivity (Wildman–Crippen MR) is 181 cm³/mol. The molecule has 9 heteroatoms.